The van der Waals surface area contributed by atoms with Crippen LogP contribution in [0.5, 0.6) is 0 Å². The van der Waals surface area contributed by atoms with Gasteiger partial charge in [0.2, 0.25) is 0 Å². The summed E-state index contributed by atoms with van der Waals surface area (Å²) in [6, 6.07) is 3.28. The molecule has 1 N–H and O–H groups in total. The van der Waals surface area contributed by atoms with Crippen molar-refractivity contribution in [1.29, 1.82) is 0 Å². The monoisotopic (exact) mass is 294 g/mol. The van der Waals surface area contributed by atoms with E-state index in [1.54, 1.807) is 25.1 Å². The number of hydrogen-bond donors (Lipinski definition) is 1. The number of aliphatic carboxylic acids is 1. The lowest BCUT2D eigenvalue weighted by Gasteiger charge is -2.27. The normalized spacial score (nSPS) is 15.4. The zero-order valence-electron chi connectivity index (χ0n) is 12.3. The molecule has 21 heavy (non-hydrogen) atoms. The summed E-state index contributed by atoms with van der Waals surface area (Å²) in [5.41, 5.74) is 0.564. The molecule has 1 aliphatic rings. The van der Waals surface area contributed by atoms with Crippen molar-refractivity contribution < 1.29 is 19.1 Å². The molecule has 1 fully saturated rings. The van der Waals surface area contributed by atoms with Crippen LogP contribution in [0.2, 0.25) is 0 Å². The van der Waals surface area contributed by atoms with E-state index in [0.29, 0.717) is 5.69 Å². The molecule has 2 rings (SSSR count). The minimum atomic E-state index is -1.08. The van der Waals surface area contributed by atoms with Crippen molar-refractivity contribution >= 4 is 17.6 Å². The largest absolute Gasteiger partial charge is 0.480 e. The summed E-state index contributed by atoms with van der Waals surface area (Å²) in [7, 11) is 3.55. The fourth-order valence-electron chi connectivity index (χ4n) is 2.22. The maximum Gasteiger partial charge on any atom is 0.326 e. The lowest BCUT2D eigenvalue weighted by molar-refractivity contribution is -0.141. The molecule has 0 spiro atoms. The number of halogens is 1. The Morgan fingerprint density at radius 2 is 1.95 bits per heavy atom. The van der Waals surface area contributed by atoms with E-state index in [2.05, 4.69) is 0 Å². The summed E-state index contributed by atoms with van der Waals surface area (Å²) >= 11 is 0. The third kappa shape index (κ3) is 3.15. The summed E-state index contributed by atoms with van der Waals surface area (Å²) in [5.74, 6) is -2.27. The van der Waals surface area contributed by atoms with Crippen LogP contribution in [0.3, 0.4) is 0 Å². The Hall–Kier alpha value is -2.11. The molecule has 0 aromatic heterocycles. The van der Waals surface area contributed by atoms with Gasteiger partial charge in [-0.05, 0) is 38.0 Å². The molecule has 1 aliphatic carbocycles. The van der Waals surface area contributed by atoms with Crippen molar-refractivity contribution in [1.82, 2.24) is 4.90 Å². The Kier molecular flexibility index (Phi) is 4.16. The van der Waals surface area contributed by atoms with E-state index in [9.17, 15) is 14.0 Å². The molecule has 1 aromatic carbocycles. The van der Waals surface area contributed by atoms with Gasteiger partial charge in [-0.1, -0.05) is 0 Å². The first-order valence-electron chi connectivity index (χ1n) is 6.85. The molecule has 6 heteroatoms. The highest BCUT2D eigenvalue weighted by atomic mass is 19.1. The molecule has 1 amide bonds. The molecule has 1 atom stereocenters. The van der Waals surface area contributed by atoms with Gasteiger partial charge in [-0.3, -0.25) is 4.79 Å². The van der Waals surface area contributed by atoms with Crippen LogP contribution in [0.25, 0.3) is 0 Å². The zero-order valence-corrected chi connectivity index (χ0v) is 12.3. The summed E-state index contributed by atoms with van der Waals surface area (Å²) in [4.78, 5) is 26.6. The average molecular weight is 294 g/mol. The standard InChI is InChI=1S/C15H19FN2O3/c1-9(15(20)21)18(10-4-5-10)14(19)12-7-6-11(17(2)3)8-13(12)16/h6-10H,4-5H2,1-3H3,(H,20,21). The summed E-state index contributed by atoms with van der Waals surface area (Å²) in [5, 5.41) is 9.12. The molecule has 1 unspecified atom stereocenters. The highest BCUT2D eigenvalue weighted by Crippen LogP contribution is 2.31. The predicted molar refractivity (Wildman–Crippen MR) is 77.0 cm³/mol. The maximum absolute atomic E-state index is 14.1. The van der Waals surface area contributed by atoms with Gasteiger partial charge in [0.1, 0.15) is 11.9 Å². The Labute approximate surface area is 123 Å². The number of rotatable bonds is 5. The molecule has 5 nitrogen and oxygen atoms in total. The molecule has 0 saturated heterocycles. The van der Waals surface area contributed by atoms with E-state index in [1.165, 1.54) is 24.0 Å². The van der Waals surface area contributed by atoms with Gasteiger partial charge in [-0.25, -0.2) is 9.18 Å². The van der Waals surface area contributed by atoms with Crippen molar-refractivity contribution in [2.45, 2.75) is 31.8 Å². The summed E-state index contributed by atoms with van der Waals surface area (Å²) < 4.78 is 14.1. The molecule has 0 radical (unpaired) electrons. The summed E-state index contributed by atoms with van der Waals surface area (Å²) in [6.45, 7) is 1.45. The quantitative estimate of drug-likeness (QED) is 0.902. The number of anilines is 1. The van der Waals surface area contributed by atoms with Crippen molar-refractivity contribution in [2.24, 2.45) is 0 Å². The van der Waals surface area contributed by atoms with Gasteiger partial charge in [-0.15, -0.1) is 0 Å². The van der Waals surface area contributed by atoms with Crippen molar-refractivity contribution in [2.75, 3.05) is 19.0 Å². The third-order valence-electron chi connectivity index (χ3n) is 3.65. The van der Waals surface area contributed by atoms with Gasteiger partial charge in [0, 0.05) is 25.8 Å². The molecule has 1 saturated carbocycles. The van der Waals surface area contributed by atoms with Gasteiger partial charge >= 0.3 is 5.97 Å². The lowest BCUT2D eigenvalue weighted by Crippen LogP contribution is -2.45. The van der Waals surface area contributed by atoms with E-state index < -0.39 is 23.7 Å². The second kappa shape index (κ2) is 5.71. The number of hydrogen-bond acceptors (Lipinski definition) is 3. The predicted octanol–water partition coefficient (Wildman–Crippen LogP) is 1.97. The lowest BCUT2D eigenvalue weighted by atomic mass is 10.1. The highest BCUT2D eigenvalue weighted by Gasteiger charge is 2.39. The minimum Gasteiger partial charge on any atom is -0.480 e. The highest BCUT2D eigenvalue weighted by molar-refractivity contribution is 5.97. The average Bonchev–Trinajstić information content (AvgIpc) is 3.22. The van der Waals surface area contributed by atoms with E-state index >= 15 is 0 Å². The van der Waals surface area contributed by atoms with Crippen LogP contribution in [0.15, 0.2) is 18.2 Å². The van der Waals surface area contributed by atoms with Crippen LogP contribution in [-0.4, -0.2) is 48.1 Å². The van der Waals surface area contributed by atoms with Crippen LogP contribution >= 0.6 is 0 Å². The van der Waals surface area contributed by atoms with Crippen LogP contribution in [0.1, 0.15) is 30.1 Å². The van der Waals surface area contributed by atoms with E-state index in [4.69, 9.17) is 5.11 Å². The first-order chi connectivity index (χ1) is 9.82. The van der Waals surface area contributed by atoms with Gasteiger partial charge in [0.15, 0.2) is 0 Å². The fourth-order valence-corrected chi connectivity index (χ4v) is 2.22. The Bertz CT molecular complexity index is 570. The van der Waals surface area contributed by atoms with Gasteiger partial charge in [0.25, 0.3) is 5.91 Å². The van der Waals surface area contributed by atoms with E-state index in [-0.39, 0.29) is 11.6 Å². The number of carboxylic acid groups (broad SMARTS) is 1. The van der Waals surface area contributed by atoms with Crippen LogP contribution in [0, 0.1) is 5.82 Å². The Balaban J connectivity index is 2.31. The second-order valence-corrected chi connectivity index (χ2v) is 5.52. The van der Waals surface area contributed by atoms with Crippen LogP contribution < -0.4 is 4.90 Å². The zero-order chi connectivity index (χ0) is 15.7. The molecule has 1 aromatic rings. The Morgan fingerprint density at radius 1 is 1.33 bits per heavy atom. The number of nitrogens with zero attached hydrogens (tertiary/aromatic N) is 2. The second-order valence-electron chi connectivity index (χ2n) is 5.52. The number of benzene rings is 1. The molecule has 0 bridgehead atoms. The first-order valence-corrected chi connectivity index (χ1v) is 6.85. The van der Waals surface area contributed by atoms with Crippen molar-refractivity contribution in [3.05, 3.63) is 29.6 Å². The maximum atomic E-state index is 14.1. The fraction of sp³-hybridized carbons (Fsp3) is 0.467. The molecule has 114 valence electrons. The SMILES string of the molecule is CC(C(=O)O)N(C(=O)c1ccc(N(C)C)cc1F)C1CC1. The molecule has 0 heterocycles. The smallest absolute Gasteiger partial charge is 0.326 e. The van der Waals surface area contributed by atoms with E-state index in [1.807, 2.05) is 0 Å². The topological polar surface area (TPSA) is 60.9 Å². The minimum absolute atomic E-state index is 0.0828. The third-order valence-corrected chi connectivity index (χ3v) is 3.65. The number of carbonyl (C=O) groups excluding carboxylic acids is 1. The van der Waals surface area contributed by atoms with Crippen molar-refractivity contribution in [3.8, 4) is 0 Å². The van der Waals surface area contributed by atoms with Crippen molar-refractivity contribution in [3.63, 3.8) is 0 Å². The Morgan fingerprint density at radius 3 is 2.38 bits per heavy atom. The number of carbonyl (C=O) groups is 2. The van der Waals surface area contributed by atoms with Crippen LogP contribution in [0.4, 0.5) is 10.1 Å². The molecule has 0 aliphatic heterocycles. The number of carboxylic acids is 1. The van der Waals surface area contributed by atoms with Gasteiger partial charge < -0.3 is 14.9 Å². The van der Waals surface area contributed by atoms with E-state index in [0.717, 1.165) is 12.8 Å². The first kappa shape index (κ1) is 15.3. The number of amides is 1. The summed E-state index contributed by atoms with van der Waals surface area (Å²) in [6.07, 6.45) is 1.53. The van der Waals surface area contributed by atoms with Gasteiger partial charge in [0.05, 0.1) is 5.56 Å². The van der Waals surface area contributed by atoms with Gasteiger partial charge in [-0.2, -0.15) is 0 Å². The molecular formula is C15H19FN2O3. The molecular weight excluding hydrogens is 275 g/mol. The van der Waals surface area contributed by atoms with Crippen LogP contribution in [-0.2, 0) is 4.79 Å².